The van der Waals surface area contributed by atoms with Crippen molar-refractivity contribution in [1.29, 1.82) is 0 Å². The number of nitrogens with zero attached hydrogens (tertiary/aromatic N) is 4. The molecule has 32 heavy (non-hydrogen) atoms. The fraction of sp³-hybridized carbons (Fsp3) is 0.348. The highest BCUT2D eigenvalue weighted by Gasteiger charge is 2.27. The minimum absolute atomic E-state index is 0.149. The molecule has 0 unspecified atom stereocenters. The number of hydrogen-bond acceptors (Lipinski definition) is 7. The van der Waals surface area contributed by atoms with Crippen molar-refractivity contribution in [3.05, 3.63) is 74.5 Å². The lowest BCUT2D eigenvalue weighted by atomic mass is 10.1. The Bertz CT molecular complexity index is 1140. The van der Waals surface area contributed by atoms with Gasteiger partial charge in [0.1, 0.15) is 22.1 Å². The van der Waals surface area contributed by atoms with E-state index in [1.807, 2.05) is 29.7 Å². The number of fused-ring (bicyclic) bond motifs is 1. The molecule has 0 aromatic carbocycles. The van der Waals surface area contributed by atoms with Crippen LogP contribution in [-0.2, 0) is 19.5 Å². The van der Waals surface area contributed by atoms with Crippen molar-refractivity contribution >= 4 is 23.3 Å². The quantitative estimate of drug-likeness (QED) is 0.546. The fourth-order valence-electron chi connectivity index (χ4n) is 3.87. The molecular formula is C23H26N4O4S. The van der Waals surface area contributed by atoms with Gasteiger partial charge in [0.2, 0.25) is 0 Å². The van der Waals surface area contributed by atoms with Crippen LogP contribution in [0.2, 0.25) is 0 Å². The number of amides is 1. The summed E-state index contributed by atoms with van der Waals surface area (Å²) in [6.07, 6.45) is 7.93. The summed E-state index contributed by atoms with van der Waals surface area (Å²) in [5, 5.41) is 2.74. The Morgan fingerprint density at radius 2 is 2.25 bits per heavy atom. The summed E-state index contributed by atoms with van der Waals surface area (Å²) in [5.41, 5.74) is 1.03. The Morgan fingerprint density at radius 1 is 1.38 bits per heavy atom. The van der Waals surface area contributed by atoms with Gasteiger partial charge in [-0.2, -0.15) is 0 Å². The summed E-state index contributed by atoms with van der Waals surface area (Å²) in [6, 6.07) is 5.17. The van der Waals surface area contributed by atoms with Gasteiger partial charge in [-0.3, -0.25) is 14.5 Å². The van der Waals surface area contributed by atoms with Crippen LogP contribution in [-0.4, -0.2) is 59.0 Å². The molecule has 0 N–H and O–H groups in total. The van der Waals surface area contributed by atoms with Gasteiger partial charge >= 0.3 is 0 Å². The van der Waals surface area contributed by atoms with Gasteiger partial charge in [-0.1, -0.05) is 6.08 Å². The third-order valence-corrected chi connectivity index (χ3v) is 6.28. The van der Waals surface area contributed by atoms with Crippen molar-refractivity contribution in [2.75, 3.05) is 33.8 Å². The fourth-order valence-corrected chi connectivity index (χ4v) is 4.54. The van der Waals surface area contributed by atoms with Crippen molar-refractivity contribution in [3.63, 3.8) is 0 Å². The van der Waals surface area contributed by atoms with E-state index in [0.717, 1.165) is 29.6 Å². The summed E-state index contributed by atoms with van der Waals surface area (Å²) < 4.78 is 12.5. The number of methoxy groups -OCH3 is 1. The van der Waals surface area contributed by atoms with Gasteiger partial charge in [-0.25, -0.2) is 4.98 Å². The summed E-state index contributed by atoms with van der Waals surface area (Å²) in [4.78, 5) is 34.3. The molecule has 8 nitrogen and oxygen atoms in total. The number of aromatic nitrogens is 2. The number of pyridine rings is 1. The molecule has 1 aliphatic rings. The second kappa shape index (κ2) is 9.97. The maximum absolute atomic E-state index is 13.4. The monoisotopic (exact) mass is 454 g/mol. The van der Waals surface area contributed by atoms with Crippen LogP contribution in [0.3, 0.4) is 0 Å². The molecule has 0 fully saturated rings. The van der Waals surface area contributed by atoms with Crippen LogP contribution < -0.4 is 10.3 Å². The van der Waals surface area contributed by atoms with Crippen LogP contribution in [0, 0.1) is 0 Å². The third-order valence-electron chi connectivity index (χ3n) is 5.51. The second-order valence-electron chi connectivity index (χ2n) is 7.58. The summed E-state index contributed by atoms with van der Waals surface area (Å²) in [6.45, 7) is 3.09. The predicted octanol–water partition coefficient (Wildman–Crippen LogP) is 2.75. The number of thiazole rings is 1. The molecule has 4 rings (SSSR count). The van der Waals surface area contributed by atoms with Gasteiger partial charge in [0.15, 0.2) is 0 Å². The number of rotatable bonds is 7. The summed E-state index contributed by atoms with van der Waals surface area (Å²) in [7, 11) is 3.24. The number of hydrogen-bond donors (Lipinski definition) is 0. The smallest absolute Gasteiger partial charge is 0.259 e. The molecule has 1 amide bonds. The Balaban J connectivity index is 1.56. The van der Waals surface area contributed by atoms with Crippen molar-refractivity contribution in [2.24, 2.45) is 0 Å². The molecule has 9 heteroatoms. The van der Waals surface area contributed by atoms with Gasteiger partial charge in [-0.05, 0) is 18.2 Å². The molecule has 168 valence electrons. The lowest BCUT2D eigenvalue weighted by Crippen LogP contribution is -2.32. The van der Waals surface area contributed by atoms with E-state index in [1.54, 1.807) is 29.0 Å². The van der Waals surface area contributed by atoms with Crippen molar-refractivity contribution in [1.82, 2.24) is 19.4 Å². The first kappa shape index (κ1) is 22.0. The van der Waals surface area contributed by atoms with Crippen molar-refractivity contribution in [3.8, 4) is 5.75 Å². The van der Waals surface area contributed by atoms with Crippen LogP contribution in [0.25, 0.3) is 6.08 Å². The number of ether oxygens (including phenoxy) is 1. The van der Waals surface area contributed by atoms with Gasteiger partial charge in [0.05, 0.1) is 19.9 Å². The zero-order valence-electron chi connectivity index (χ0n) is 18.2. The van der Waals surface area contributed by atoms with Gasteiger partial charge in [0.25, 0.3) is 11.5 Å². The molecule has 3 aromatic rings. The number of furan rings is 1. The Labute approximate surface area is 190 Å². The van der Waals surface area contributed by atoms with Gasteiger partial charge in [-0.15, -0.1) is 11.3 Å². The molecule has 1 aliphatic heterocycles. The molecular weight excluding hydrogens is 428 g/mol. The molecule has 0 aliphatic carbocycles. The first-order chi connectivity index (χ1) is 15.6. The lowest BCUT2D eigenvalue weighted by molar-refractivity contribution is 0.0779. The van der Waals surface area contributed by atoms with E-state index < -0.39 is 0 Å². The van der Waals surface area contributed by atoms with Gasteiger partial charge < -0.3 is 18.6 Å². The average molecular weight is 455 g/mol. The maximum Gasteiger partial charge on any atom is 0.259 e. The highest BCUT2D eigenvalue weighted by Crippen LogP contribution is 2.25. The average Bonchev–Trinajstić information content (AvgIpc) is 3.45. The van der Waals surface area contributed by atoms with E-state index in [9.17, 15) is 9.59 Å². The molecule has 0 spiro atoms. The van der Waals surface area contributed by atoms with Crippen LogP contribution in [0.1, 0.15) is 26.8 Å². The SMILES string of the molecule is COc1cc(=O)n2c(c1C(=O)N(C)Cc1nccs1)CCN(CC=Cc1ccco1)CC2. The lowest BCUT2D eigenvalue weighted by Gasteiger charge is -2.21. The van der Waals surface area contributed by atoms with E-state index in [-0.39, 0.29) is 11.5 Å². The van der Waals surface area contributed by atoms with E-state index in [1.165, 1.54) is 24.5 Å². The van der Waals surface area contributed by atoms with Crippen LogP contribution >= 0.6 is 11.3 Å². The minimum atomic E-state index is -0.174. The number of carbonyl (C=O) groups is 1. The van der Waals surface area contributed by atoms with Gasteiger partial charge in [0, 0.05) is 63.0 Å². The second-order valence-corrected chi connectivity index (χ2v) is 8.56. The van der Waals surface area contributed by atoms with Crippen LogP contribution in [0.15, 0.2) is 51.3 Å². The number of carbonyl (C=O) groups excluding carboxylic acids is 1. The first-order valence-corrected chi connectivity index (χ1v) is 11.3. The summed E-state index contributed by atoms with van der Waals surface area (Å²) in [5.74, 6) is 0.954. The molecule has 0 bridgehead atoms. The topological polar surface area (TPSA) is 80.8 Å². The standard InChI is InChI=1S/C23H26N4O4S/c1-25(16-20-24-8-14-32-20)23(29)22-18-7-10-26(9-3-5-17-6-4-13-31-17)11-12-27(18)21(28)15-19(22)30-2/h3-6,8,13-15H,7,9-12,16H2,1-2H3. The Hall–Kier alpha value is -3.17. The van der Waals surface area contributed by atoms with Crippen LogP contribution in [0.4, 0.5) is 0 Å². The van der Waals surface area contributed by atoms with E-state index in [4.69, 9.17) is 9.15 Å². The molecule has 0 saturated carbocycles. The van der Waals surface area contributed by atoms with Crippen LogP contribution in [0.5, 0.6) is 5.75 Å². The molecule has 3 aromatic heterocycles. The third kappa shape index (κ3) is 4.84. The molecule has 0 radical (unpaired) electrons. The molecule has 4 heterocycles. The molecule has 0 saturated heterocycles. The van der Waals surface area contributed by atoms with Crippen molar-refractivity contribution in [2.45, 2.75) is 19.5 Å². The maximum atomic E-state index is 13.4. The predicted molar refractivity (Wildman–Crippen MR) is 123 cm³/mol. The van der Waals surface area contributed by atoms with Crippen molar-refractivity contribution < 1.29 is 13.9 Å². The minimum Gasteiger partial charge on any atom is -0.496 e. The largest absolute Gasteiger partial charge is 0.496 e. The zero-order chi connectivity index (χ0) is 22.5. The van der Waals surface area contributed by atoms with E-state index in [2.05, 4.69) is 9.88 Å². The highest BCUT2D eigenvalue weighted by molar-refractivity contribution is 7.09. The Kier molecular flexibility index (Phi) is 6.87. The highest BCUT2D eigenvalue weighted by atomic mass is 32.1. The van der Waals surface area contributed by atoms with E-state index in [0.29, 0.717) is 37.4 Å². The normalized spacial score (nSPS) is 14.3. The first-order valence-electron chi connectivity index (χ1n) is 10.4. The molecule has 0 atom stereocenters. The van der Waals surface area contributed by atoms with E-state index >= 15 is 0 Å². The zero-order valence-corrected chi connectivity index (χ0v) is 19.0. The Morgan fingerprint density at radius 3 is 2.97 bits per heavy atom. The summed E-state index contributed by atoms with van der Waals surface area (Å²) >= 11 is 1.50.